The monoisotopic (exact) mass is 290 g/mol. The van der Waals surface area contributed by atoms with Crippen LogP contribution in [0.5, 0.6) is 0 Å². The predicted molar refractivity (Wildman–Crippen MR) is 84.1 cm³/mol. The Bertz CT molecular complexity index is 415. The van der Waals surface area contributed by atoms with Crippen molar-refractivity contribution in [3.05, 3.63) is 30.1 Å². The van der Waals surface area contributed by atoms with Gasteiger partial charge in [-0.25, -0.2) is 4.98 Å². The minimum absolute atomic E-state index is 0.924. The van der Waals surface area contributed by atoms with Gasteiger partial charge in [0.25, 0.3) is 0 Å². The number of aromatic nitrogens is 1. The fourth-order valence-corrected chi connectivity index (χ4v) is 4.59. The first kappa shape index (κ1) is 15.0. The minimum Gasteiger partial charge on any atom is -0.332 e. The van der Waals surface area contributed by atoms with E-state index in [1.54, 1.807) is 4.90 Å². The maximum absolute atomic E-state index is 3.38. The second-order valence-corrected chi connectivity index (χ2v) is 7.60. The maximum atomic E-state index is 3.38. The topological polar surface area (TPSA) is 23.0 Å². The Labute approximate surface area is 129 Å². The Morgan fingerprint density at radius 2 is 1.81 bits per heavy atom. The van der Waals surface area contributed by atoms with Crippen LogP contribution in [-0.4, -0.2) is 32.2 Å². The largest absolute Gasteiger partial charge is 0.332 e. The summed E-state index contributed by atoms with van der Waals surface area (Å²) < 4.78 is 0. The summed E-state index contributed by atoms with van der Waals surface area (Å²) in [6, 6.07) is 7.35. The van der Waals surface area contributed by atoms with E-state index in [0.717, 1.165) is 24.4 Å². The van der Waals surface area contributed by atoms with Crippen molar-refractivity contribution in [3.63, 3.8) is 0 Å². The van der Waals surface area contributed by atoms with Gasteiger partial charge in [0.05, 0.1) is 32.2 Å². The fourth-order valence-electron chi connectivity index (χ4n) is 4.59. The molecule has 0 amide bonds. The van der Waals surface area contributed by atoms with E-state index in [4.69, 9.17) is 0 Å². The summed E-state index contributed by atoms with van der Waals surface area (Å²) in [7, 11) is 0. The first-order chi connectivity index (χ1) is 10.2. The molecule has 2 unspecified atom stereocenters. The van der Waals surface area contributed by atoms with Crippen LogP contribution in [0.1, 0.15) is 38.8 Å². The van der Waals surface area contributed by atoms with Gasteiger partial charge in [-0.15, -0.1) is 0 Å². The predicted octanol–water partition coefficient (Wildman–Crippen LogP) is -0.391. The molecule has 3 nitrogen and oxygen atoms in total. The number of nitrogens with one attached hydrogen (secondary N) is 3. The zero-order chi connectivity index (χ0) is 14.7. The highest BCUT2D eigenvalue weighted by Gasteiger charge is 2.34. The van der Waals surface area contributed by atoms with Gasteiger partial charge in [-0.2, -0.15) is 0 Å². The number of pyridine rings is 1. The van der Waals surface area contributed by atoms with Crippen LogP contribution in [0.15, 0.2) is 24.4 Å². The number of piperidine rings is 2. The molecule has 2 aliphatic heterocycles. The number of hydrogen-bond donors (Lipinski definition) is 2. The molecule has 3 rings (SSSR count). The normalized spacial score (nSPS) is 37.3. The molecular weight excluding hydrogens is 258 g/mol. The molecule has 0 aromatic carbocycles. The Morgan fingerprint density at radius 1 is 1.10 bits per heavy atom. The van der Waals surface area contributed by atoms with Gasteiger partial charge in [0.2, 0.25) is 5.69 Å². The Balaban J connectivity index is 1.48. The number of quaternary nitrogens is 2. The highest BCUT2D eigenvalue weighted by atomic mass is 15.2. The van der Waals surface area contributed by atoms with Gasteiger partial charge in [0, 0.05) is 36.8 Å². The van der Waals surface area contributed by atoms with Crippen molar-refractivity contribution < 1.29 is 14.8 Å². The molecule has 0 saturated carbocycles. The molecular formula is C18H32N3+3. The van der Waals surface area contributed by atoms with Gasteiger partial charge in [-0.05, 0) is 12.5 Å². The molecule has 3 heteroatoms. The van der Waals surface area contributed by atoms with E-state index in [-0.39, 0.29) is 0 Å². The standard InChI is InChI=1S/C18H29N3/c1-15-11-16(2)13-21(12-15)18-6-9-20(10-7-18)14-17-5-3-4-8-19-17/h3-5,8,15-16,18H,6-7,9-14H2,1-2H3/p+3. The maximum Gasteiger partial charge on any atom is 0.234 e. The molecule has 1 aromatic heterocycles. The van der Waals surface area contributed by atoms with E-state index in [9.17, 15) is 0 Å². The molecule has 0 aliphatic carbocycles. The van der Waals surface area contributed by atoms with Crippen LogP contribution >= 0.6 is 0 Å². The number of rotatable bonds is 3. The quantitative estimate of drug-likeness (QED) is 0.757. The van der Waals surface area contributed by atoms with E-state index in [0.29, 0.717) is 0 Å². The second kappa shape index (κ2) is 6.89. The second-order valence-electron chi connectivity index (χ2n) is 7.60. The lowest BCUT2D eigenvalue weighted by Crippen LogP contribution is -3.21. The highest BCUT2D eigenvalue weighted by Crippen LogP contribution is 2.13. The van der Waals surface area contributed by atoms with Crippen LogP contribution in [0.3, 0.4) is 0 Å². The number of hydrogen-bond acceptors (Lipinski definition) is 0. The third-order valence-corrected chi connectivity index (χ3v) is 5.51. The van der Waals surface area contributed by atoms with Gasteiger partial charge < -0.3 is 9.80 Å². The smallest absolute Gasteiger partial charge is 0.234 e. The summed E-state index contributed by atoms with van der Waals surface area (Å²) in [5.74, 6) is 1.85. The van der Waals surface area contributed by atoms with E-state index in [1.807, 2.05) is 11.1 Å². The van der Waals surface area contributed by atoms with E-state index >= 15 is 0 Å². The van der Waals surface area contributed by atoms with Crippen molar-refractivity contribution in [2.24, 2.45) is 11.8 Å². The third-order valence-electron chi connectivity index (χ3n) is 5.51. The molecule has 2 atom stereocenters. The summed E-state index contributed by atoms with van der Waals surface area (Å²) in [6.45, 7) is 11.6. The average molecular weight is 290 g/mol. The number of likely N-dealkylation sites (tertiary alicyclic amines) is 2. The van der Waals surface area contributed by atoms with Gasteiger partial charge >= 0.3 is 0 Å². The fraction of sp³-hybridized carbons (Fsp3) is 0.722. The molecule has 3 N–H and O–H groups in total. The van der Waals surface area contributed by atoms with Crippen LogP contribution < -0.4 is 14.8 Å². The molecule has 2 saturated heterocycles. The average Bonchev–Trinajstić information content (AvgIpc) is 2.48. The molecule has 0 spiro atoms. The zero-order valence-electron chi connectivity index (χ0n) is 13.7. The SMILES string of the molecule is CC1CC(C)C[NH+](C2CC[NH+](Cc3cccc[nH+]3)CC2)C1. The van der Waals surface area contributed by atoms with Crippen molar-refractivity contribution in [1.29, 1.82) is 0 Å². The Hall–Kier alpha value is -0.930. The van der Waals surface area contributed by atoms with Crippen LogP contribution in [0.25, 0.3) is 0 Å². The summed E-state index contributed by atoms with van der Waals surface area (Å²) in [6.07, 6.45) is 6.31. The third kappa shape index (κ3) is 4.04. The van der Waals surface area contributed by atoms with E-state index in [2.05, 4.69) is 37.0 Å². The molecule has 3 heterocycles. The number of H-pyrrole nitrogens is 1. The van der Waals surface area contributed by atoms with E-state index < -0.39 is 0 Å². The number of aromatic amines is 1. The molecule has 116 valence electrons. The van der Waals surface area contributed by atoms with Gasteiger partial charge in [0.15, 0.2) is 12.7 Å². The summed E-state index contributed by atoms with van der Waals surface area (Å²) in [5, 5.41) is 0. The van der Waals surface area contributed by atoms with Crippen molar-refractivity contribution in [1.82, 2.24) is 0 Å². The molecule has 21 heavy (non-hydrogen) atoms. The lowest BCUT2D eigenvalue weighted by atomic mass is 9.89. The lowest BCUT2D eigenvalue weighted by molar-refractivity contribution is -0.970. The van der Waals surface area contributed by atoms with Crippen molar-refractivity contribution in [3.8, 4) is 0 Å². The first-order valence-electron chi connectivity index (χ1n) is 8.84. The zero-order valence-corrected chi connectivity index (χ0v) is 13.7. The van der Waals surface area contributed by atoms with E-state index in [1.165, 1.54) is 51.1 Å². The summed E-state index contributed by atoms with van der Waals surface area (Å²) >= 11 is 0. The molecule has 2 fully saturated rings. The van der Waals surface area contributed by atoms with Crippen molar-refractivity contribution in [2.45, 2.75) is 45.7 Å². The molecule has 0 bridgehead atoms. The minimum atomic E-state index is 0.924. The van der Waals surface area contributed by atoms with Crippen LogP contribution in [0.2, 0.25) is 0 Å². The van der Waals surface area contributed by atoms with Crippen LogP contribution in [0.4, 0.5) is 0 Å². The van der Waals surface area contributed by atoms with Gasteiger partial charge in [-0.3, -0.25) is 0 Å². The van der Waals surface area contributed by atoms with Crippen molar-refractivity contribution >= 4 is 0 Å². The van der Waals surface area contributed by atoms with Crippen LogP contribution in [-0.2, 0) is 6.54 Å². The van der Waals surface area contributed by atoms with Gasteiger partial charge in [-0.1, -0.05) is 13.8 Å². The Kier molecular flexibility index (Phi) is 4.91. The highest BCUT2D eigenvalue weighted by molar-refractivity contribution is 4.94. The summed E-state index contributed by atoms with van der Waals surface area (Å²) in [5.41, 5.74) is 1.37. The van der Waals surface area contributed by atoms with Crippen LogP contribution in [0, 0.1) is 11.8 Å². The lowest BCUT2D eigenvalue weighted by Gasteiger charge is -2.39. The molecule has 2 aliphatic rings. The molecule has 0 radical (unpaired) electrons. The summed E-state index contributed by atoms with van der Waals surface area (Å²) in [4.78, 5) is 7.04. The Morgan fingerprint density at radius 3 is 2.43 bits per heavy atom. The first-order valence-corrected chi connectivity index (χ1v) is 8.84. The van der Waals surface area contributed by atoms with Gasteiger partial charge in [0.1, 0.15) is 0 Å². The molecule has 1 aromatic rings. The van der Waals surface area contributed by atoms with Crippen molar-refractivity contribution in [2.75, 3.05) is 26.2 Å².